The Morgan fingerprint density at radius 2 is 1.80 bits per heavy atom. The molecule has 3 heterocycles. The number of nitrogen functional groups attached to an aromatic ring is 1. The number of benzene rings is 1. The van der Waals surface area contributed by atoms with Crippen LogP contribution in [0.3, 0.4) is 0 Å². The van der Waals surface area contributed by atoms with Crippen LogP contribution in [0.1, 0.15) is 54.6 Å². The summed E-state index contributed by atoms with van der Waals surface area (Å²) < 4.78 is 12.7. The number of fused-ring (bicyclic) bond motifs is 1. The molecule has 0 unspecified atom stereocenters. The van der Waals surface area contributed by atoms with Crippen molar-refractivity contribution >= 4 is 23.2 Å². The largest absolute Gasteiger partial charge is 0.383 e. The van der Waals surface area contributed by atoms with Crippen LogP contribution in [-0.2, 0) is 19.1 Å². The molecule has 0 spiro atoms. The third-order valence-electron chi connectivity index (χ3n) is 7.66. The summed E-state index contributed by atoms with van der Waals surface area (Å²) in [4.78, 5) is 40.3. The summed E-state index contributed by atoms with van der Waals surface area (Å²) in [7, 11) is 2.97. The minimum absolute atomic E-state index is 0.114. The highest BCUT2D eigenvalue weighted by atomic mass is 16.6. The third-order valence-corrected chi connectivity index (χ3v) is 7.66. The Balaban J connectivity index is 1.49. The highest BCUT2D eigenvalue weighted by molar-refractivity contribution is 6.00. The van der Waals surface area contributed by atoms with E-state index in [1.807, 2.05) is 42.5 Å². The molecular weight excluding hydrogens is 524 g/mol. The van der Waals surface area contributed by atoms with Gasteiger partial charge in [0.05, 0.1) is 43.5 Å². The number of nitrogens with one attached hydrogen (secondary N) is 1. The molecule has 0 radical (unpaired) electrons. The number of nitrogens with zero attached hydrogens (tertiary/aromatic N) is 4. The number of ether oxygens (including phenoxy) is 2. The second kappa shape index (κ2) is 12.1. The maximum Gasteiger partial charge on any atom is 0.275 e. The predicted octanol–water partition coefficient (Wildman–Crippen LogP) is 3.98. The molecule has 1 fully saturated rings. The van der Waals surface area contributed by atoms with E-state index in [-0.39, 0.29) is 30.0 Å². The number of hydrogen-bond acceptors (Lipinski definition) is 9. The number of nitrogens with two attached hydrogens (primary N) is 1. The standard InChI is InChI=1S/C30H34N6O5/c1-19(37)25-26(21-11-13-30(14-12-21,29(38)35-40-3)41-16-15-39-2)34-28-23(18-33-36(28)27(25)31)22-9-10-24(32-17-22)20-7-5-4-6-8-20/h4-10,17-18,21H,11-16,31H2,1-3H3,(H,35,38)/t21-,30-. The van der Waals surface area contributed by atoms with E-state index in [9.17, 15) is 9.59 Å². The molecule has 11 nitrogen and oxygen atoms in total. The lowest BCUT2D eigenvalue weighted by molar-refractivity contribution is -0.165. The zero-order valence-electron chi connectivity index (χ0n) is 23.4. The lowest BCUT2D eigenvalue weighted by Crippen LogP contribution is -2.51. The van der Waals surface area contributed by atoms with Gasteiger partial charge in [0.2, 0.25) is 0 Å². The van der Waals surface area contributed by atoms with E-state index in [0.717, 1.165) is 22.4 Å². The van der Waals surface area contributed by atoms with Crippen LogP contribution in [-0.4, -0.2) is 64.3 Å². The second-order valence-electron chi connectivity index (χ2n) is 10.2. The van der Waals surface area contributed by atoms with E-state index in [1.165, 1.54) is 18.5 Å². The first kappa shape index (κ1) is 28.3. The van der Waals surface area contributed by atoms with Crippen molar-refractivity contribution in [2.75, 3.05) is 33.2 Å². The molecule has 4 aromatic rings. The van der Waals surface area contributed by atoms with Gasteiger partial charge in [0, 0.05) is 35.9 Å². The average Bonchev–Trinajstić information content (AvgIpc) is 3.42. The van der Waals surface area contributed by atoms with Crippen molar-refractivity contribution < 1.29 is 23.9 Å². The fourth-order valence-corrected chi connectivity index (χ4v) is 5.53. The van der Waals surface area contributed by atoms with Gasteiger partial charge in [0.15, 0.2) is 11.4 Å². The summed E-state index contributed by atoms with van der Waals surface area (Å²) in [6.45, 7) is 2.11. The molecule has 3 N–H and O–H groups in total. The van der Waals surface area contributed by atoms with Crippen molar-refractivity contribution in [2.24, 2.45) is 0 Å². The first-order valence-corrected chi connectivity index (χ1v) is 13.5. The molecule has 1 aromatic carbocycles. The van der Waals surface area contributed by atoms with Gasteiger partial charge in [-0.2, -0.15) is 9.61 Å². The molecule has 0 aliphatic heterocycles. The number of carbonyl (C=O) groups is 2. The van der Waals surface area contributed by atoms with Crippen molar-refractivity contribution in [3.63, 3.8) is 0 Å². The van der Waals surface area contributed by atoms with Gasteiger partial charge in [-0.05, 0) is 38.7 Å². The lowest BCUT2D eigenvalue weighted by Gasteiger charge is -2.38. The topological polar surface area (TPSA) is 143 Å². The third kappa shape index (κ3) is 5.56. The van der Waals surface area contributed by atoms with Crippen molar-refractivity contribution in [3.05, 3.63) is 66.1 Å². The first-order valence-electron chi connectivity index (χ1n) is 13.5. The number of Topliss-reactive ketones (excluding diaryl/α,β-unsaturated/α-hetero) is 1. The van der Waals surface area contributed by atoms with Crippen LogP contribution in [0.2, 0.25) is 0 Å². The Morgan fingerprint density at radius 3 is 2.44 bits per heavy atom. The molecular formula is C30H34N6O5. The van der Waals surface area contributed by atoms with Gasteiger partial charge < -0.3 is 15.2 Å². The van der Waals surface area contributed by atoms with Crippen LogP contribution in [0.15, 0.2) is 54.9 Å². The highest BCUT2D eigenvalue weighted by Gasteiger charge is 2.44. The summed E-state index contributed by atoms with van der Waals surface area (Å²) in [5, 5.41) is 4.46. The van der Waals surface area contributed by atoms with Crippen LogP contribution in [0.4, 0.5) is 5.82 Å². The van der Waals surface area contributed by atoms with Gasteiger partial charge in [-0.3, -0.25) is 19.4 Å². The highest BCUT2D eigenvalue weighted by Crippen LogP contribution is 2.42. The minimum Gasteiger partial charge on any atom is -0.383 e. The molecule has 5 rings (SSSR count). The molecule has 0 bridgehead atoms. The Morgan fingerprint density at radius 1 is 1.05 bits per heavy atom. The quantitative estimate of drug-likeness (QED) is 0.168. The number of pyridine rings is 1. The normalized spacial score (nSPS) is 18.9. The number of methoxy groups -OCH3 is 1. The molecule has 1 saturated carbocycles. The van der Waals surface area contributed by atoms with E-state index in [4.69, 9.17) is 25.0 Å². The summed E-state index contributed by atoms with van der Waals surface area (Å²) >= 11 is 0. The van der Waals surface area contributed by atoms with E-state index >= 15 is 0 Å². The Hall–Kier alpha value is -4.19. The molecule has 214 valence electrons. The van der Waals surface area contributed by atoms with Crippen LogP contribution in [0, 0.1) is 0 Å². The maximum absolute atomic E-state index is 12.9. The number of carbonyl (C=O) groups excluding carboxylic acids is 2. The van der Waals surface area contributed by atoms with Crippen molar-refractivity contribution in [1.82, 2.24) is 25.1 Å². The van der Waals surface area contributed by atoms with Gasteiger partial charge >= 0.3 is 0 Å². The number of hydrogen-bond donors (Lipinski definition) is 2. The Kier molecular flexibility index (Phi) is 8.39. The average molecular weight is 559 g/mol. The van der Waals surface area contributed by atoms with Gasteiger partial charge in [0.1, 0.15) is 11.4 Å². The van der Waals surface area contributed by atoms with Gasteiger partial charge in [-0.25, -0.2) is 10.5 Å². The zero-order valence-corrected chi connectivity index (χ0v) is 23.4. The molecule has 1 aliphatic carbocycles. The van der Waals surface area contributed by atoms with Crippen LogP contribution in [0.5, 0.6) is 0 Å². The fourth-order valence-electron chi connectivity index (χ4n) is 5.53. The number of anilines is 1. The molecule has 41 heavy (non-hydrogen) atoms. The fraction of sp³-hybridized carbons (Fsp3) is 0.367. The van der Waals surface area contributed by atoms with E-state index in [1.54, 1.807) is 19.5 Å². The van der Waals surface area contributed by atoms with Gasteiger partial charge in [-0.15, -0.1) is 0 Å². The summed E-state index contributed by atoms with van der Waals surface area (Å²) in [6.07, 6.45) is 5.43. The molecule has 3 aromatic heterocycles. The molecule has 1 amide bonds. The number of ketones is 1. The molecule has 0 atom stereocenters. The molecule has 0 saturated heterocycles. The van der Waals surface area contributed by atoms with Crippen molar-refractivity contribution in [3.8, 4) is 22.4 Å². The van der Waals surface area contributed by atoms with Crippen LogP contribution < -0.4 is 11.2 Å². The van der Waals surface area contributed by atoms with Gasteiger partial charge in [0.25, 0.3) is 5.91 Å². The number of rotatable bonds is 10. The van der Waals surface area contributed by atoms with E-state index in [0.29, 0.717) is 49.2 Å². The lowest BCUT2D eigenvalue weighted by atomic mass is 9.76. The number of amides is 1. The zero-order chi connectivity index (χ0) is 29.0. The van der Waals surface area contributed by atoms with E-state index < -0.39 is 5.60 Å². The van der Waals surface area contributed by atoms with Crippen molar-refractivity contribution in [1.29, 1.82) is 0 Å². The first-order chi connectivity index (χ1) is 19.9. The smallest absolute Gasteiger partial charge is 0.275 e. The second-order valence-corrected chi connectivity index (χ2v) is 10.2. The molecule has 11 heteroatoms. The maximum atomic E-state index is 12.9. The van der Waals surface area contributed by atoms with Crippen LogP contribution in [0.25, 0.3) is 28.0 Å². The summed E-state index contributed by atoms with van der Waals surface area (Å²) in [5.41, 5.74) is 12.9. The van der Waals surface area contributed by atoms with Crippen molar-refractivity contribution in [2.45, 2.75) is 44.1 Å². The predicted molar refractivity (Wildman–Crippen MR) is 153 cm³/mol. The summed E-state index contributed by atoms with van der Waals surface area (Å²) in [5.74, 6) is -0.406. The SMILES string of the molecule is COCCO[C@]1(C(=O)NOC)CC[C@@H](c2nc3c(-c4ccc(-c5ccccc5)nc4)cnn3c(N)c2C(C)=O)CC1. The summed E-state index contributed by atoms with van der Waals surface area (Å²) in [6, 6.07) is 13.9. The minimum atomic E-state index is -1.06. The number of hydroxylamine groups is 1. The Labute approximate surface area is 238 Å². The monoisotopic (exact) mass is 558 g/mol. The number of aromatic nitrogens is 4. The van der Waals surface area contributed by atoms with Crippen LogP contribution >= 0.6 is 0 Å². The van der Waals surface area contributed by atoms with E-state index in [2.05, 4.69) is 15.6 Å². The van der Waals surface area contributed by atoms with Gasteiger partial charge in [-0.1, -0.05) is 36.4 Å². The Bertz CT molecular complexity index is 1530. The molecule has 1 aliphatic rings.